The molecule has 0 nitrogen and oxygen atoms in total. The second-order valence-electron chi connectivity index (χ2n) is 3.87. The van der Waals surface area contributed by atoms with Gasteiger partial charge < -0.3 is 0 Å². The first-order valence-electron chi connectivity index (χ1n) is 5.59. The van der Waals surface area contributed by atoms with Crippen LogP contribution in [0.1, 0.15) is 29.0 Å². The molecule has 0 amide bonds. The van der Waals surface area contributed by atoms with Crippen LogP contribution in [0.5, 0.6) is 0 Å². The van der Waals surface area contributed by atoms with Gasteiger partial charge in [-0.05, 0) is 23.1 Å². The molecule has 2 aromatic carbocycles. The van der Waals surface area contributed by atoms with Crippen molar-refractivity contribution in [1.29, 1.82) is 0 Å². The van der Waals surface area contributed by atoms with E-state index in [2.05, 4.69) is 43.3 Å². The molecule has 0 aliphatic heterocycles. The zero-order valence-corrected chi connectivity index (χ0v) is 10.1. The molecule has 0 heterocycles. The van der Waals surface area contributed by atoms with Gasteiger partial charge >= 0.3 is 0 Å². The summed E-state index contributed by atoms with van der Waals surface area (Å²) < 4.78 is 0. The first-order chi connectivity index (χ1) is 7.81. The molecular formula is C15H15Cl. The van der Waals surface area contributed by atoms with E-state index in [1.165, 1.54) is 5.56 Å². The summed E-state index contributed by atoms with van der Waals surface area (Å²) in [5.74, 6) is 0. The van der Waals surface area contributed by atoms with Crippen molar-refractivity contribution in [2.75, 3.05) is 0 Å². The smallest absolute Gasteiger partial charge is 0.0835 e. The Balaban J connectivity index is 2.24. The minimum atomic E-state index is -0.0490. The van der Waals surface area contributed by atoms with E-state index in [4.69, 9.17) is 11.6 Å². The lowest BCUT2D eigenvalue weighted by Crippen LogP contribution is -1.93. The SMILES string of the molecule is CCc1ccc(C(Cl)c2ccccc2)cc1. The molecule has 1 atom stereocenters. The quantitative estimate of drug-likeness (QED) is 0.678. The zero-order chi connectivity index (χ0) is 11.4. The Morgan fingerprint density at radius 3 is 2.00 bits per heavy atom. The molecule has 0 fully saturated rings. The van der Waals surface area contributed by atoms with Crippen LogP contribution >= 0.6 is 11.6 Å². The summed E-state index contributed by atoms with van der Waals surface area (Å²) in [4.78, 5) is 0. The maximum Gasteiger partial charge on any atom is 0.0835 e. The van der Waals surface area contributed by atoms with Crippen molar-refractivity contribution in [3.05, 3.63) is 71.3 Å². The standard InChI is InChI=1S/C15H15Cl/c1-2-12-8-10-14(11-9-12)15(16)13-6-4-3-5-7-13/h3-11,15H,2H2,1H3. The van der Waals surface area contributed by atoms with E-state index in [9.17, 15) is 0 Å². The summed E-state index contributed by atoms with van der Waals surface area (Å²) in [6.45, 7) is 2.16. The highest BCUT2D eigenvalue weighted by molar-refractivity contribution is 6.22. The van der Waals surface area contributed by atoms with Crippen LogP contribution in [-0.4, -0.2) is 0 Å². The number of halogens is 1. The van der Waals surface area contributed by atoms with Gasteiger partial charge in [0.15, 0.2) is 0 Å². The fraction of sp³-hybridized carbons (Fsp3) is 0.200. The van der Waals surface area contributed by atoms with Gasteiger partial charge in [0.2, 0.25) is 0 Å². The molecule has 1 heteroatoms. The van der Waals surface area contributed by atoms with E-state index < -0.39 is 0 Å². The fourth-order valence-corrected chi connectivity index (χ4v) is 2.03. The summed E-state index contributed by atoms with van der Waals surface area (Å²) in [6, 6.07) is 18.7. The number of hydrogen-bond donors (Lipinski definition) is 0. The summed E-state index contributed by atoms with van der Waals surface area (Å²) in [6.07, 6.45) is 1.07. The predicted molar refractivity (Wildman–Crippen MR) is 70.0 cm³/mol. The van der Waals surface area contributed by atoms with Gasteiger partial charge in [0.25, 0.3) is 0 Å². The summed E-state index contributed by atoms with van der Waals surface area (Å²) in [5.41, 5.74) is 3.65. The fourth-order valence-electron chi connectivity index (χ4n) is 1.74. The minimum Gasteiger partial charge on any atom is -0.113 e. The van der Waals surface area contributed by atoms with Crippen molar-refractivity contribution < 1.29 is 0 Å². The summed E-state index contributed by atoms with van der Waals surface area (Å²) in [7, 11) is 0. The third kappa shape index (κ3) is 2.45. The van der Waals surface area contributed by atoms with E-state index in [0.29, 0.717) is 0 Å². The van der Waals surface area contributed by atoms with Gasteiger partial charge in [0.05, 0.1) is 5.38 Å². The number of hydrogen-bond acceptors (Lipinski definition) is 0. The lowest BCUT2D eigenvalue weighted by atomic mass is 10.0. The van der Waals surface area contributed by atoms with Gasteiger partial charge in [-0.3, -0.25) is 0 Å². The van der Waals surface area contributed by atoms with Crippen LogP contribution in [0.2, 0.25) is 0 Å². The van der Waals surface area contributed by atoms with Crippen molar-refractivity contribution in [3.63, 3.8) is 0 Å². The molecular weight excluding hydrogens is 216 g/mol. The molecule has 2 rings (SSSR count). The van der Waals surface area contributed by atoms with Crippen LogP contribution in [0.3, 0.4) is 0 Å². The molecule has 0 saturated heterocycles. The van der Waals surface area contributed by atoms with E-state index >= 15 is 0 Å². The Bertz CT molecular complexity index is 431. The Hall–Kier alpha value is -1.27. The van der Waals surface area contributed by atoms with Gasteiger partial charge in [-0.25, -0.2) is 0 Å². The Morgan fingerprint density at radius 1 is 0.875 bits per heavy atom. The molecule has 16 heavy (non-hydrogen) atoms. The minimum absolute atomic E-state index is 0.0490. The summed E-state index contributed by atoms with van der Waals surface area (Å²) in [5, 5.41) is -0.0490. The predicted octanol–water partition coefficient (Wildman–Crippen LogP) is 4.58. The number of aryl methyl sites for hydroxylation is 1. The number of alkyl halides is 1. The highest BCUT2D eigenvalue weighted by Gasteiger charge is 2.09. The van der Waals surface area contributed by atoms with Crippen LogP contribution in [0.25, 0.3) is 0 Å². The number of rotatable bonds is 3. The monoisotopic (exact) mass is 230 g/mol. The lowest BCUT2D eigenvalue weighted by Gasteiger charge is -2.10. The molecule has 0 saturated carbocycles. The molecule has 0 aliphatic carbocycles. The largest absolute Gasteiger partial charge is 0.113 e. The molecule has 0 bridgehead atoms. The number of benzene rings is 2. The zero-order valence-electron chi connectivity index (χ0n) is 9.36. The van der Waals surface area contributed by atoms with Crippen LogP contribution < -0.4 is 0 Å². The van der Waals surface area contributed by atoms with Crippen molar-refractivity contribution in [3.8, 4) is 0 Å². The Morgan fingerprint density at radius 2 is 1.44 bits per heavy atom. The molecule has 82 valence electrons. The topological polar surface area (TPSA) is 0 Å². The van der Waals surface area contributed by atoms with Crippen molar-refractivity contribution in [2.45, 2.75) is 18.7 Å². The van der Waals surface area contributed by atoms with Gasteiger partial charge in [-0.2, -0.15) is 0 Å². The maximum absolute atomic E-state index is 6.43. The molecule has 0 radical (unpaired) electrons. The van der Waals surface area contributed by atoms with Gasteiger partial charge in [-0.1, -0.05) is 61.5 Å². The Labute approximate surface area is 102 Å². The van der Waals surface area contributed by atoms with Crippen LogP contribution in [0.4, 0.5) is 0 Å². The first-order valence-corrected chi connectivity index (χ1v) is 6.02. The lowest BCUT2D eigenvalue weighted by molar-refractivity contribution is 1.10. The molecule has 0 aromatic heterocycles. The van der Waals surface area contributed by atoms with Crippen LogP contribution in [-0.2, 0) is 6.42 Å². The molecule has 2 aromatic rings. The Kier molecular flexibility index (Phi) is 3.63. The van der Waals surface area contributed by atoms with Gasteiger partial charge in [0, 0.05) is 0 Å². The second-order valence-corrected chi connectivity index (χ2v) is 4.30. The van der Waals surface area contributed by atoms with Crippen molar-refractivity contribution >= 4 is 11.6 Å². The summed E-state index contributed by atoms with van der Waals surface area (Å²) >= 11 is 6.43. The van der Waals surface area contributed by atoms with Crippen molar-refractivity contribution in [1.82, 2.24) is 0 Å². The van der Waals surface area contributed by atoms with Gasteiger partial charge in [-0.15, -0.1) is 11.6 Å². The second kappa shape index (κ2) is 5.18. The highest BCUT2D eigenvalue weighted by atomic mass is 35.5. The molecule has 0 aliphatic rings. The average Bonchev–Trinajstić information content (AvgIpc) is 2.39. The van der Waals surface area contributed by atoms with Crippen LogP contribution in [0, 0.1) is 0 Å². The molecule has 0 spiro atoms. The van der Waals surface area contributed by atoms with Gasteiger partial charge in [0.1, 0.15) is 0 Å². The highest BCUT2D eigenvalue weighted by Crippen LogP contribution is 2.28. The molecule has 0 N–H and O–H groups in total. The van der Waals surface area contributed by atoms with E-state index in [1.54, 1.807) is 0 Å². The van der Waals surface area contributed by atoms with E-state index in [-0.39, 0.29) is 5.38 Å². The first kappa shape index (κ1) is 11.2. The average molecular weight is 231 g/mol. The third-order valence-corrected chi connectivity index (χ3v) is 3.28. The maximum atomic E-state index is 6.43. The van der Waals surface area contributed by atoms with E-state index in [1.807, 2.05) is 18.2 Å². The third-order valence-electron chi connectivity index (χ3n) is 2.77. The van der Waals surface area contributed by atoms with Crippen molar-refractivity contribution in [2.24, 2.45) is 0 Å². The molecule has 1 unspecified atom stereocenters. The normalized spacial score (nSPS) is 12.4. The van der Waals surface area contributed by atoms with E-state index in [0.717, 1.165) is 17.5 Å². The van der Waals surface area contributed by atoms with Crippen LogP contribution in [0.15, 0.2) is 54.6 Å².